The Labute approximate surface area is 177 Å². The van der Waals surface area contributed by atoms with Gasteiger partial charge in [0.25, 0.3) is 0 Å². The predicted octanol–water partition coefficient (Wildman–Crippen LogP) is 4.14. The molecule has 4 rings (SSSR count). The van der Waals surface area contributed by atoms with Crippen LogP contribution >= 0.6 is 0 Å². The normalized spacial score (nSPS) is 9.69. The third kappa shape index (κ3) is 4.52. The fourth-order valence-corrected chi connectivity index (χ4v) is 2.77. The molecule has 0 aliphatic rings. The molecule has 4 heteroatoms. The number of benzene rings is 4. The average Bonchev–Trinajstić information content (AvgIpc) is 2.64. The molecule has 2 radical (unpaired) electrons. The maximum absolute atomic E-state index is 4.81. The quantitative estimate of drug-likeness (QED) is 0.406. The van der Waals surface area contributed by atoms with Crippen molar-refractivity contribution in [1.29, 1.82) is 0 Å². The first-order valence-corrected chi connectivity index (χ1v) is 7.95. The zero-order valence-electron chi connectivity index (χ0n) is 14.0. The van der Waals surface area contributed by atoms with Gasteiger partial charge in [-0.2, -0.15) is 0 Å². The number of hydrogen-bond acceptors (Lipinski definition) is 0. The Balaban J connectivity index is 0.00000121. The molecule has 4 aromatic rings. The largest absolute Gasteiger partial charge is 3.00 e. The minimum atomic E-state index is 0. The van der Waals surface area contributed by atoms with E-state index in [1.54, 1.807) is 0 Å². The van der Waals surface area contributed by atoms with Crippen LogP contribution in [-0.4, -0.2) is 24.4 Å². The molecule has 0 saturated carbocycles. The van der Waals surface area contributed by atoms with Crippen molar-refractivity contribution >= 4 is 57.9 Å². The van der Waals surface area contributed by atoms with Crippen LogP contribution in [0, 0.1) is 0 Å². The Morgan fingerprint density at radius 1 is 0.462 bits per heavy atom. The van der Waals surface area contributed by atoms with E-state index < -0.39 is 0 Å². The maximum Gasteiger partial charge on any atom is 3.00 e. The second kappa shape index (κ2) is 9.52. The monoisotopic (exact) mass is 464 g/mol. The number of para-hydroxylation sites is 2. The van der Waals surface area contributed by atoms with Gasteiger partial charge in [0.2, 0.25) is 0 Å². The van der Waals surface area contributed by atoms with Crippen LogP contribution in [-0.2, 0) is 0 Å². The van der Waals surface area contributed by atoms with E-state index in [1.165, 1.54) is 0 Å². The molecular weight excluding hydrogens is 449 g/mol. The fraction of sp³-hybridized carbons (Fsp3) is 0. The van der Waals surface area contributed by atoms with E-state index in [0.29, 0.717) is 0 Å². The van der Waals surface area contributed by atoms with Crippen LogP contribution in [0.25, 0.3) is 21.4 Å². The van der Waals surface area contributed by atoms with Crippen LogP contribution in [0.15, 0.2) is 97.1 Å². The Morgan fingerprint density at radius 3 is 1.31 bits per heavy atom. The van der Waals surface area contributed by atoms with Crippen LogP contribution in [0.2, 0.25) is 0 Å². The van der Waals surface area contributed by atoms with Crippen molar-refractivity contribution < 1.29 is 12.4 Å². The zero-order valence-corrected chi connectivity index (χ0v) is 17.3. The third-order valence-corrected chi connectivity index (χ3v) is 3.87. The molecule has 0 aliphatic carbocycles. The van der Waals surface area contributed by atoms with Gasteiger partial charge in [-0.25, -0.2) is 0 Å². The topological polar surface area (TPSA) is 28.2 Å². The van der Waals surface area contributed by atoms with Gasteiger partial charge in [-0.1, -0.05) is 97.1 Å². The third-order valence-electron chi connectivity index (χ3n) is 3.87. The maximum atomic E-state index is 4.81. The smallest absolute Gasteiger partial charge is 1.00 e. The van der Waals surface area contributed by atoms with Crippen LogP contribution in [0.4, 0.5) is 22.7 Å². The average molecular weight is 466 g/mol. The summed E-state index contributed by atoms with van der Waals surface area (Å²) >= 11 is 0. The SMILES string of the molecule is [Cl-].[Sb+3].c1ccc([N-]c2cccc3cccc([N-]c4ccccc4)c23)cc1. The van der Waals surface area contributed by atoms with Crippen LogP contribution in [0.3, 0.4) is 0 Å². The van der Waals surface area contributed by atoms with E-state index in [2.05, 4.69) is 12.1 Å². The van der Waals surface area contributed by atoms with Crippen molar-refractivity contribution in [2.75, 3.05) is 0 Å². The molecule has 0 N–H and O–H groups in total. The van der Waals surface area contributed by atoms with Gasteiger partial charge in [0.15, 0.2) is 0 Å². The van der Waals surface area contributed by atoms with Crippen LogP contribution in [0.5, 0.6) is 0 Å². The van der Waals surface area contributed by atoms with Gasteiger partial charge < -0.3 is 23.0 Å². The first-order valence-electron chi connectivity index (χ1n) is 7.95. The van der Waals surface area contributed by atoms with E-state index in [9.17, 15) is 0 Å². The standard InChI is InChI=1S/C22H16N2.ClH.Sb/c1-3-11-18(12-4-1)23-20-15-7-9-17-10-8-16-21(22(17)20)24-19-13-5-2-6-14-19;;/h1-16H;1H;/q-2;;+3/p-1. The number of hydrogen-bond donors (Lipinski definition) is 0. The molecule has 0 atom stereocenters. The zero-order chi connectivity index (χ0) is 16.2. The summed E-state index contributed by atoms with van der Waals surface area (Å²) in [6.07, 6.45) is 0. The molecule has 0 aliphatic heterocycles. The van der Waals surface area contributed by atoms with Gasteiger partial charge in [0, 0.05) is 0 Å². The van der Waals surface area contributed by atoms with Gasteiger partial charge in [-0.3, -0.25) is 0 Å². The van der Waals surface area contributed by atoms with E-state index in [1.807, 2.05) is 84.9 Å². The summed E-state index contributed by atoms with van der Waals surface area (Å²) in [6.45, 7) is 0. The summed E-state index contributed by atoms with van der Waals surface area (Å²) in [5.41, 5.74) is 3.77. The van der Waals surface area contributed by atoms with Gasteiger partial charge in [0.1, 0.15) is 0 Å². The van der Waals surface area contributed by atoms with E-state index >= 15 is 0 Å². The second-order valence-electron chi connectivity index (χ2n) is 5.55. The molecule has 0 saturated heterocycles. The molecular formula is C22H16ClN2Sb. The minimum Gasteiger partial charge on any atom is -1.00 e. The fourth-order valence-electron chi connectivity index (χ4n) is 2.77. The molecule has 26 heavy (non-hydrogen) atoms. The summed E-state index contributed by atoms with van der Waals surface area (Å²) in [5, 5.41) is 11.8. The number of nitrogens with zero attached hydrogens (tertiary/aromatic N) is 2. The summed E-state index contributed by atoms with van der Waals surface area (Å²) in [4.78, 5) is 0. The van der Waals surface area contributed by atoms with Gasteiger partial charge >= 0.3 is 24.4 Å². The van der Waals surface area contributed by atoms with Crippen molar-refractivity contribution in [3.8, 4) is 0 Å². The molecule has 0 bridgehead atoms. The summed E-state index contributed by atoms with van der Waals surface area (Å²) in [6, 6.07) is 32.4. The summed E-state index contributed by atoms with van der Waals surface area (Å²) in [7, 11) is 0. The summed E-state index contributed by atoms with van der Waals surface area (Å²) in [5.74, 6) is 0. The Hall–Kier alpha value is -2.15. The van der Waals surface area contributed by atoms with E-state index in [0.717, 1.165) is 33.5 Å². The second-order valence-corrected chi connectivity index (χ2v) is 5.55. The molecule has 4 aromatic carbocycles. The van der Waals surface area contributed by atoms with Crippen molar-refractivity contribution in [1.82, 2.24) is 0 Å². The Morgan fingerprint density at radius 2 is 0.885 bits per heavy atom. The first kappa shape index (κ1) is 20.2. The van der Waals surface area contributed by atoms with Gasteiger partial charge in [-0.05, 0) is 10.8 Å². The van der Waals surface area contributed by atoms with Crippen molar-refractivity contribution in [3.63, 3.8) is 0 Å². The van der Waals surface area contributed by atoms with Crippen LogP contribution < -0.4 is 12.4 Å². The predicted molar refractivity (Wildman–Crippen MR) is 108 cm³/mol. The number of fused-ring (bicyclic) bond motifs is 1. The minimum absolute atomic E-state index is 0. The number of halogens is 1. The van der Waals surface area contributed by atoms with Crippen molar-refractivity contribution in [2.45, 2.75) is 0 Å². The van der Waals surface area contributed by atoms with Gasteiger partial charge in [-0.15, -0.1) is 22.7 Å². The van der Waals surface area contributed by atoms with Gasteiger partial charge in [0.05, 0.1) is 0 Å². The van der Waals surface area contributed by atoms with Crippen LogP contribution in [0.1, 0.15) is 0 Å². The number of rotatable bonds is 4. The van der Waals surface area contributed by atoms with Crippen molar-refractivity contribution in [3.05, 3.63) is 108 Å². The summed E-state index contributed by atoms with van der Waals surface area (Å²) < 4.78 is 0. The van der Waals surface area contributed by atoms with Crippen molar-refractivity contribution in [2.24, 2.45) is 0 Å². The molecule has 0 unspecified atom stereocenters. The molecule has 0 aromatic heterocycles. The molecule has 2 nitrogen and oxygen atoms in total. The first-order chi connectivity index (χ1) is 11.9. The molecule has 0 fully saturated rings. The molecule has 0 amide bonds. The Kier molecular flexibility index (Phi) is 7.38. The Bertz CT molecular complexity index is 883. The molecule has 126 valence electrons. The van der Waals surface area contributed by atoms with E-state index in [4.69, 9.17) is 10.6 Å². The molecule has 0 heterocycles. The molecule has 0 spiro atoms. The van der Waals surface area contributed by atoms with E-state index in [-0.39, 0.29) is 36.8 Å².